The molecule has 1 atom stereocenters. The zero-order chi connectivity index (χ0) is 13.8. The summed E-state index contributed by atoms with van der Waals surface area (Å²) in [5.41, 5.74) is 4.91. The number of nitrogens with one attached hydrogen (secondary N) is 1. The summed E-state index contributed by atoms with van der Waals surface area (Å²) in [5, 5.41) is 3.10. The van der Waals surface area contributed by atoms with E-state index in [1.54, 1.807) is 17.6 Å². The number of hydrogen-bond acceptors (Lipinski definition) is 5. The van der Waals surface area contributed by atoms with Crippen LogP contribution in [0.2, 0.25) is 0 Å². The van der Waals surface area contributed by atoms with Gasteiger partial charge >= 0.3 is 0 Å². The van der Waals surface area contributed by atoms with Gasteiger partial charge in [-0.1, -0.05) is 30.3 Å². The van der Waals surface area contributed by atoms with Crippen molar-refractivity contribution in [3.8, 4) is 11.3 Å². The van der Waals surface area contributed by atoms with Crippen LogP contribution in [-0.4, -0.2) is 4.98 Å². The molecule has 0 saturated heterocycles. The largest absolute Gasteiger partial charge is 0.468 e. The minimum atomic E-state index is -0.0558. The summed E-state index contributed by atoms with van der Waals surface area (Å²) in [6, 6.07) is 13.9. The summed E-state index contributed by atoms with van der Waals surface area (Å²) in [7, 11) is 0. The lowest BCUT2D eigenvalue weighted by atomic mass is 10.1. The number of aromatic nitrogens is 1. The summed E-state index contributed by atoms with van der Waals surface area (Å²) in [6.45, 7) is 0. The summed E-state index contributed by atoms with van der Waals surface area (Å²) < 4.78 is 5.38. The highest BCUT2D eigenvalue weighted by molar-refractivity contribution is 7.09. The summed E-state index contributed by atoms with van der Waals surface area (Å²) >= 11 is 1.64. The van der Waals surface area contributed by atoms with E-state index in [1.165, 1.54) is 0 Å². The molecule has 0 saturated carbocycles. The number of hydrogen-bond donors (Lipinski definition) is 2. The molecule has 5 heteroatoms. The number of nitrogens with two attached hydrogens (primary N) is 1. The summed E-state index contributed by atoms with van der Waals surface area (Å²) in [5.74, 6) is 6.42. The van der Waals surface area contributed by atoms with E-state index in [2.05, 4.69) is 27.9 Å². The molecule has 0 bridgehead atoms. The number of nitrogens with zero attached hydrogens (tertiary/aromatic N) is 1. The van der Waals surface area contributed by atoms with Gasteiger partial charge in [-0.15, -0.1) is 11.3 Å². The van der Waals surface area contributed by atoms with E-state index in [4.69, 9.17) is 10.3 Å². The van der Waals surface area contributed by atoms with E-state index in [0.29, 0.717) is 6.42 Å². The molecule has 0 aliphatic carbocycles. The number of rotatable bonds is 5. The molecule has 102 valence electrons. The van der Waals surface area contributed by atoms with E-state index >= 15 is 0 Å². The van der Waals surface area contributed by atoms with Gasteiger partial charge in [0.05, 0.1) is 23.0 Å². The third kappa shape index (κ3) is 2.80. The first kappa shape index (κ1) is 13.1. The maximum atomic E-state index is 5.60. The van der Waals surface area contributed by atoms with Gasteiger partial charge in [-0.05, 0) is 12.1 Å². The van der Waals surface area contributed by atoms with E-state index < -0.39 is 0 Å². The van der Waals surface area contributed by atoms with Crippen LogP contribution in [0.3, 0.4) is 0 Å². The quantitative estimate of drug-likeness (QED) is 0.558. The standard InChI is InChI=1S/C15H15N3OS/c16-18-12(14-7-4-8-19-14)9-15-17-13(10-20-15)11-5-2-1-3-6-11/h1-8,10,12,18H,9,16H2. The van der Waals surface area contributed by atoms with Crippen LogP contribution in [0.15, 0.2) is 58.5 Å². The first-order chi connectivity index (χ1) is 9.86. The maximum absolute atomic E-state index is 5.60. The van der Waals surface area contributed by atoms with Gasteiger partial charge in [0, 0.05) is 17.4 Å². The first-order valence-electron chi connectivity index (χ1n) is 6.36. The van der Waals surface area contributed by atoms with Crippen LogP contribution in [0.4, 0.5) is 0 Å². The molecule has 3 N–H and O–H groups in total. The highest BCUT2D eigenvalue weighted by Crippen LogP contribution is 2.25. The molecule has 2 aromatic heterocycles. The molecule has 0 radical (unpaired) electrons. The Morgan fingerprint density at radius 3 is 2.75 bits per heavy atom. The van der Waals surface area contributed by atoms with Crippen LogP contribution >= 0.6 is 11.3 Å². The molecule has 3 rings (SSSR count). The van der Waals surface area contributed by atoms with Crippen LogP contribution in [0.25, 0.3) is 11.3 Å². The van der Waals surface area contributed by atoms with Gasteiger partial charge in [-0.2, -0.15) is 0 Å². The highest BCUT2D eigenvalue weighted by Gasteiger charge is 2.15. The summed E-state index contributed by atoms with van der Waals surface area (Å²) in [4.78, 5) is 4.66. The van der Waals surface area contributed by atoms with Crippen LogP contribution in [0.5, 0.6) is 0 Å². The Balaban J connectivity index is 1.77. The molecule has 1 unspecified atom stereocenters. The lowest BCUT2D eigenvalue weighted by Crippen LogP contribution is -2.29. The molecular weight excluding hydrogens is 270 g/mol. The molecule has 0 amide bonds. The van der Waals surface area contributed by atoms with Crippen LogP contribution in [-0.2, 0) is 6.42 Å². The highest BCUT2D eigenvalue weighted by atomic mass is 32.1. The predicted octanol–water partition coefficient (Wildman–Crippen LogP) is 3.15. The second-order valence-corrected chi connectivity index (χ2v) is 5.37. The number of furan rings is 1. The topological polar surface area (TPSA) is 64.1 Å². The van der Waals surface area contributed by atoms with E-state index in [1.807, 2.05) is 30.3 Å². The zero-order valence-electron chi connectivity index (χ0n) is 10.8. The van der Waals surface area contributed by atoms with Crippen molar-refractivity contribution in [2.24, 2.45) is 5.84 Å². The normalized spacial score (nSPS) is 12.4. The first-order valence-corrected chi connectivity index (χ1v) is 7.24. The molecule has 20 heavy (non-hydrogen) atoms. The predicted molar refractivity (Wildman–Crippen MR) is 80.0 cm³/mol. The average Bonchev–Trinajstić information content (AvgIpc) is 3.17. The van der Waals surface area contributed by atoms with Gasteiger partial charge in [0.2, 0.25) is 0 Å². The SMILES string of the molecule is NNC(Cc1nc(-c2ccccc2)cs1)c1ccco1. The van der Waals surface area contributed by atoms with E-state index in [-0.39, 0.29) is 6.04 Å². The van der Waals surface area contributed by atoms with E-state index in [9.17, 15) is 0 Å². The van der Waals surface area contributed by atoms with Crippen molar-refractivity contribution in [3.05, 3.63) is 64.9 Å². The van der Waals surface area contributed by atoms with Crippen molar-refractivity contribution in [2.75, 3.05) is 0 Å². The fourth-order valence-electron chi connectivity index (χ4n) is 2.05. The van der Waals surface area contributed by atoms with Gasteiger partial charge < -0.3 is 4.42 Å². The minimum Gasteiger partial charge on any atom is -0.468 e. The van der Waals surface area contributed by atoms with Crippen LogP contribution < -0.4 is 11.3 Å². The van der Waals surface area contributed by atoms with Crippen LogP contribution in [0, 0.1) is 0 Å². The Hall–Kier alpha value is -1.95. The Morgan fingerprint density at radius 2 is 2.05 bits per heavy atom. The lowest BCUT2D eigenvalue weighted by Gasteiger charge is -2.10. The molecule has 0 fully saturated rings. The Bertz CT molecular complexity index is 649. The van der Waals surface area contributed by atoms with Crippen molar-refractivity contribution < 1.29 is 4.42 Å². The van der Waals surface area contributed by atoms with Gasteiger partial charge in [-0.3, -0.25) is 5.84 Å². The zero-order valence-corrected chi connectivity index (χ0v) is 11.6. The minimum absolute atomic E-state index is 0.0558. The van der Waals surface area contributed by atoms with Crippen molar-refractivity contribution in [1.29, 1.82) is 0 Å². The molecule has 2 heterocycles. The Kier molecular flexibility index (Phi) is 3.92. The van der Waals surface area contributed by atoms with Crippen molar-refractivity contribution in [3.63, 3.8) is 0 Å². The van der Waals surface area contributed by atoms with Crippen molar-refractivity contribution >= 4 is 11.3 Å². The third-order valence-corrected chi connectivity index (χ3v) is 3.96. The molecule has 0 spiro atoms. The van der Waals surface area contributed by atoms with Crippen molar-refractivity contribution in [2.45, 2.75) is 12.5 Å². The second kappa shape index (κ2) is 6.00. The second-order valence-electron chi connectivity index (χ2n) is 4.43. The molecule has 0 aliphatic heterocycles. The smallest absolute Gasteiger partial charge is 0.122 e. The molecule has 4 nitrogen and oxygen atoms in total. The van der Waals surface area contributed by atoms with Gasteiger partial charge in [0.25, 0.3) is 0 Å². The summed E-state index contributed by atoms with van der Waals surface area (Å²) in [6.07, 6.45) is 2.36. The Morgan fingerprint density at radius 1 is 1.20 bits per heavy atom. The van der Waals surface area contributed by atoms with Gasteiger partial charge in [-0.25, -0.2) is 10.4 Å². The molecule has 3 aromatic rings. The monoisotopic (exact) mass is 285 g/mol. The fraction of sp³-hybridized carbons (Fsp3) is 0.133. The van der Waals surface area contributed by atoms with Gasteiger partial charge in [0.15, 0.2) is 0 Å². The number of hydrazine groups is 1. The number of benzene rings is 1. The molecular formula is C15H15N3OS. The molecule has 1 aromatic carbocycles. The third-order valence-electron chi connectivity index (χ3n) is 3.09. The number of thiazole rings is 1. The Labute approximate surface area is 121 Å². The fourth-order valence-corrected chi connectivity index (χ4v) is 2.90. The lowest BCUT2D eigenvalue weighted by molar-refractivity contribution is 0.415. The average molecular weight is 285 g/mol. The maximum Gasteiger partial charge on any atom is 0.122 e. The molecule has 0 aliphatic rings. The van der Waals surface area contributed by atoms with Crippen LogP contribution in [0.1, 0.15) is 16.8 Å². The van der Waals surface area contributed by atoms with Crippen molar-refractivity contribution in [1.82, 2.24) is 10.4 Å². The van der Waals surface area contributed by atoms with E-state index in [0.717, 1.165) is 22.0 Å². The van der Waals surface area contributed by atoms with Gasteiger partial charge in [0.1, 0.15) is 5.76 Å².